The first-order chi connectivity index (χ1) is 12.8. The molecule has 1 aliphatic carbocycles. The van der Waals surface area contributed by atoms with Crippen LogP contribution in [0.5, 0.6) is 0 Å². The number of nitrogens with zero attached hydrogens (tertiary/aromatic N) is 3. The van der Waals surface area contributed by atoms with Crippen LogP contribution < -0.4 is 5.32 Å². The van der Waals surface area contributed by atoms with Crippen molar-refractivity contribution in [2.45, 2.75) is 38.3 Å². The molecule has 0 aliphatic heterocycles. The van der Waals surface area contributed by atoms with Gasteiger partial charge in [0.25, 0.3) is 0 Å². The maximum atomic E-state index is 12.7. The number of aromatic nitrogens is 3. The molecule has 3 aromatic rings. The highest BCUT2D eigenvalue weighted by atomic mass is 16.1. The van der Waals surface area contributed by atoms with Gasteiger partial charge >= 0.3 is 0 Å². The van der Waals surface area contributed by atoms with Crippen LogP contribution in [-0.2, 0) is 24.3 Å². The van der Waals surface area contributed by atoms with Crippen molar-refractivity contribution in [2.24, 2.45) is 0 Å². The second-order valence-electron chi connectivity index (χ2n) is 6.77. The fourth-order valence-electron chi connectivity index (χ4n) is 3.60. The normalized spacial score (nSPS) is 16.1. The third-order valence-corrected chi connectivity index (χ3v) is 4.99. The predicted octanol–water partition coefficient (Wildman–Crippen LogP) is 3.06. The van der Waals surface area contributed by atoms with Crippen LogP contribution in [0.2, 0.25) is 0 Å². The van der Waals surface area contributed by atoms with Crippen molar-refractivity contribution in [1.82, 2.24) is 20.1 Å². The summed E-state index contributed by atoms with van der Waals surface area (Å²) in [5.41, 5.74) is 4.77. The number of aryl methyl sites for hydroxylation is 1. The van der Waals surface area contributed by atoms with Crippen molar-refractivity contribution in [1.29, 1.82) is 0 Å². The molecular weight excluding hydrogens is 324 g/mol. The van der Waals surface area contributed by atoms with E-state index in [1.807, 2.05) is 6.07 Å². The van der Waals surface area contributed by atoms with Crippen molar-refractivity contribution < 1.29 is 4.79 Å². The zero-order valence-corrected chi connectivity index (χ0v) is 14.6. The molecule has 132 valence electrons. The second kappa shape index (κ2) is 7.52. The number of fused-ring (bicyclic) bond motifs is 1. The summed E-state index contributed by atoms with van der Waals surface area (Å²) in [6.07, 6.45) is 6.32. The largest absolute Gasteiger partial charge is 0.351 e. The Morgan fingerprint density at radius 1 is 1.12 bits per heavy atom. The average molecular weight is 346 g/mol. The third kappa shape index (κ3) is 3.67. The second-order valence-corrected chi connectivity index (χ2v) is 6.77. The smallest absolute Gasteiger partial charge is 0.227 e. The topological polar surface area (TPSA) is 59.8 Å². The van der Waals surface area contributed by atoms with Crippen molar-refractivity contribution in [3.8, 4) is 0 Å². The van der Waals surface area contributed by atoms with E-state index in [1.165, 1.54) is 17.5 Å². The summed E-state index contributed by atoms with van der Waals surface area (Å²) in [7, 11) is 0. The molecule has 5 heteroatoms. The predicted molar refractivity (Wildman–Crippen MR) is 99.5 cm³/mol. The summed E-state index contributed by atoms with van der Waals surface area (Å²) in [5, 5.41) is 7.22. The van der Waals surface area contributed by atoms with Gasteiger partial charge in [-0.3, -0.25) is 4.79 Å². The molecule has 1 atom stereocenters. The highest BCUT2D eigenvalue weighted by Crippen LogP contribution is 2.31. The summed E-state index contributed by atoms with van der Waals surface area (Å²) in [6.45, 7) is 1.26. The Morgan fingerprint density at radius 3 is 2.73 bits per heavy atom. The van der Waals surface area contributed by atoms with E-state index >= 15 is 0 Å². The van der Waals surface area contributed by atoms with Gasteiger partial charge in [-0.1, -0.05) is 48.5 Å². The first-order valence-electron chi connectivity index (χ1n) is 9.05. The number of benzene rings is 2. The fourth-order valence-corrected chi connectivity index (χ4v) is 3.60. The lowest BCUT2D eigenvalue weighted by Crippen LogP contribution is -2.31. The number of amides is 1. The van der Waals surface area contributed by atoms with Crippen LogP contribution in [0.4, 0.5) is 0 Å². The van der Waals surface area contributed by atoms with Gasteiger partial charge in [0.05, 0.1) is 12.5 Å². The number of carbonyl (C=O) groups is 1. The quantitative estimate of drug-likeness (QED) is 0.772. The molecule has 5 nitrogen and oxygen atoms in total. The molecular formula is C21H22N4O. The van der Waals surface area contributed by atoms with Crippen LogP contribution in [-0.4, -0.2) is 20.7 Å². The molecule has 1 heterocycles. The van der Waals surface area contributed by atoms with E-state index in [-0.39, 0.29) is 11.8 Å². The van der Waals surface area contributed by atoms with Gasteiger partial charge < -0.3 is 5.32 Å². The average Bonchev–Trinajstić information content (AvgIpc) is 3.20. The van der Waals surface area contributed by atoms with E-state index in [2.05, 4.69) is 57.9 Å². The molecule has 0 saturated carbocycles. The molecule has 1 aromatic heterocycles. The summed E-state index contributed by atoms with van der Waals surface area (Å²) in [6, 6.07) is 16.6. The molecule has 1 amide bonds. The van der Waals surface area contributed by atoms with E-state index in [0.717, 1.165) is 30.4 Å². The lowest BCUT2D eigenvalue weighted by Gasteiger charge is -2.24. The molecule has 1 aliphatic rings. The third-order valence-electron chi connectivity index (χ3n) is 4.99. The number of hydrogen-bond donors (Lipinski definition) is 1. The highest BCUT2D eigenvalue weighted by molar-refractivity contribution is 5.84. The van der Waals surface area contributed by atoms with Crippen molar-refractivity contribution in [3.63, 3.8) is 0 Å². The molecule has 1 N–H and O–H groups in total. The van der Waals surface area contributed by atoms with Crippen LogP contribution in [0.1, 0.15) is 41.0 Å². The number of nitrogens with one attached hydrogen (secondary N) is 1. The zero-order valence-electron chi connectivity index (χ0n) is 14.6. The Hall–Kier alpha value is -2.95. The van der Waals surface area contributed by atoms with Gasteiger partial charge in [0.1, 0.15) is 12.7 Å². The lowest BCUT2D eigenvalue weighted by atomic mass is 9.82. The van der Waals surface area contributed by atoms with Crippen LogP contribution in [0.3, 0.4) is 0 Å². The van der Waals surface area contributed by atoms with Gasteiger partial charge in [-0.15, -0.1) is 0 Å². The number of hydrogen-bond acceptors (Lipinski definition) is 3. The van der Waals surface area contributed by atoms with Crippen molar-refractivity contribution in [3.05, 3.63) is 83.4 Å². The molecule has 2 aromatic carbocycles. The zero-order chi connectivity index (χ0) is 17.8. The number of carbonyl (C=O) groups excluding carboxylic acids is 1. The van der Waals surface area contributed by atoms with E-state index in [1.54, 1.807) is 11.0 Å². The lowest BCUT2D eigenvalue weighted by molar-refractivity contribution is -0.123. The van der Waals surface area contributed by atoms with E-state index in [9.17, 15) is 4.79 Å². The maximum absolute atomic E-state index is 12.7. The Kier molecular flexibility index (Phi) is 4.78. The standard InChI is InChI=1S/C21H22N4O/c26-21(20-7-3-5-18-4-1-2-6-19(18)20)23-12-16-8-10-17(11-9-16)13-25-15-22-14-24-25/h1-2,4,6,8-11,14-15,20H,3,5,7,12-13H2,(H,23,26)/t20-/m0/s1. The van der Waals surface area contributed by atoms with Gasteiger partial charge in [0, 0.05) is 6.54 Å². The molecule has 0 saturated heterocycles. The Bertz CT molecular complexity index is 871. The van der Waals surface area contributed by atoms with Crippen LogP contribution >= 0.6 is 0 Å². The van der Waals surface area contributed by atoms with Crippen LogP contribution in [0, 0.1) is 0 Å². The highest BCUT2D eigenvalue weighted by Gasteiger charge is 2.25. The van der Waals surface area contributed by atoms with Crippen molar-refractivity contribution >= 4 is 5.91 Å². The minimum absolute atomic E-state index is 0.0217. The van der Waals surface area contributed by atoms with Gasteiger partial charge in [-0.05, 0) is 41.5 Å². The minimum Gasteiger partial charge on any atom is -0.351 e. The van der Waals surface area contributed by atoms with E-state index < -0.39 is 0 Å². The summed E-state index contributed by atoms with van der Waals surface area (Å²) in [4.78, 5) is 16.6. The minimum atomic E-state index is -0.0217. The van der Waals surface area contributed by atoms with Crippen molar-refractivity contribution in [2.75, 3.05) is 0 Å². The number of rotatable bonds is 5. The molecule has 0 unspecified atom stereocenters. The van der Waals surface area contributed by atoms with Gasteiger partial charge in [-0.2, -0.15) is 5.10 Å². The van der Waals surface area contributed by atoms with E-state index in [4.69, 9.17) is 0 Å². The first-order valence-corrected chi connectivity index (χ1v) is 9.05. The molecule has 0 spiro atoms. The first kappa shape index (κ1) is 16.5. The maximum Gasteiger partial charge on any atom is 0.227 e. The Morgan fingerprint density at radius 2 is 1.92 bits per heavy atom. The monoisotopic (exact) mass is 346 g/mol. The van der Waals surface area contributed by atoms with Gasteiger partial charge in [-0.25, -0.2) is 9.67 Å². The Balaban J connectivity index is 1.36. The molecule has 0 radical (unpaired) electrons. The molecule has 4 rings (SSSR count). The molecule has 0 fully saturated rings. The fraction of sp³-hybridized carbons (Fsp3) is 0.286. The van der Waals surface area contributed by atoms with Gasteiger partial charge in [0.15, 0.2) is 0 Å². The summed E-state index contributed by atoms with van der Waals surface area (Å²) < 4.78 is 1.79. The Labute approximate surface area is 153 Å². The SMILES string of the molecule is O=C(NCc1ccc(Cn2cncn2)cc1)[C@H]1CCCc2ccccc21. The summed E-state index contributed by atoms with van der Waals surface area (Å²) >= 11 is 0. The van der Waals surface area contributed by atoms with Crippen LogP contribution in [0.15, 0.2) is 61.2 Å². The van der Waals surface area contributed by atoms with E-state index in [0.29, 0.717) is 13.1 Å². The molecule has 26 heavy (non-hydrogen) atoms. The molecule has 0 bridgehead atoms. The van der Waals surface area contributed by atoms with Gasteiger partial charge in [0.2, 0.25) is 5.91 Å². The van der Waals surface area contributed by atoms with Crippen LogP contribution in [0.25, 0.3) is 0 Å². The summed E-state index contributed by atoms with van der Waals surface area (Å²) in [5.74, 6) is 0.107.